The molecule has 1 aliphatic carbocycles. The second-order valence-corrected chi connectivity index (χ2v) is 9.20. The van der Waals surface area contributed by atoms with Gasteiger partial charge in [0.15, 0.2) is 0 Å². The number of para-hydroxylation sites is 1. The van der Waals surface area contributed by atoms with Crippen LogP contribution in [0.5, 0.6) is 5.75 Å². The molecule has 0 aliphatic heterocycles. The van der Waals surface area contributed by atoms with Gasteiger partial charge in [-0.3, -0.25) is 9.59 Å². The highest BCUT2D eigenvalue weighted by Crippen LogP contribution is 2.28. The second kappa shape index (κ2) is 10.6. The summed E-state index contributed by atoms with van der Waals surface area (Å²) in [6, 6.07) is 17.4. The zero-order valence-corrected chi connectivity index (χ0v) is 20.3. The van der Waals surface area contributed by atoms with E-state index in [9.17, 15) is 22.8 Å². The number of carbonyl (C=O) groups is 2. The van der Waals surface area contributed by atoms with Crippen molar-refractivity contribution in [2.45, 2.75) is 44.5 Å². The molecule has 1 fully saturated rings. The fourth-order valence-electron chi connectivity index (χ4n) is 4.58. The van der Waals surface area contributed by atoms with Crippen molar-refractivity contribution in [3.8, 4) is 17.1 Å². The summed E-state index contributed by atoms with van der Waals surface area (Å²) in [5, 5.41) is 5.70. The number of halogens is 3. The number of rotatable bonds is 6. The topological polar surface area (TPSA) is 96.1 Å². The maximum atomic E-state index is 12.7. The summed E-state index contributed by atoms with van der Waals surface area (Å²) in [6.07, 6.45) is 0.587. The maximum Gasteiger partial charge on any atom is 0.573 e. The van der Waals surface area contributed by atoms with Crippen molar-refractivity contribution in [2.75, 3.05) is 5.32 Å². The second-order valence-electron chi connectivity index (χ2n) is 9.20. The summed E-state index contributed by atoms with van der Waals surface area (Å²) < 4.78 is 42.0. The quantitative estimate of drug-likeness (QED) is 0.271. The molecular weight excluding hydrogens is 497 g/mol. The number of amides is 2. The number of carbonyl (C=O) groups excluding carboxylic acids is 2. The first-order valence-corrected chi connectivity index (χ1v) is 12.3. The fraction of sp³-hybridized carbons (Fsp3) is 0.250. The number of H-pyrrole nitrogens is 1. The Morgan fingerprint density at radius 1 is 0.921 bits per heavy atom. The summed E-state index contributed by atoms with van der Waals surface area (Å²) in [5.74, 6) is -0.840. The Labute approximate surface area is 216 Å². The van der Waals surface area contributed by atoms with E-state index >= 15 is 0 Å². The smallest absolute Gasteiger partial charge is 0.405 e. The number of benzene rings is 3. The molecule has 0 radical (unpaired) electrons. The van der Waals surface area contributed by atoms with E-state index in [0.717, 1.165) is 42.8 Å². The van der Waals surface area contributed by atoms with Gasteiger partial charge in [0, 0.05) is 22.9 Å². The highest BCUT2D eigenvalue weighted by molar-refractivity contribution is 6.06. The number of anilines is 1. The first-order valence-electron chi connectivity index (χ1n) is 12.3. The van der Waals surface area contributed by atoms with E-state index in [2.05, 4.69) is 25.3 Å². The molecule has 0 atom stereocenters. The predicted molar refractivity (Wildman–Crippen MR) is 137 cm³/mol. The molecule has 0 spiro atoms. The highest BCUT2D eigenvalue weighted by Gasteiger charge is 2.32. The third-order valence-electron chi connectivity index (χ3n) is 6.46. The van der Waals surface area contributed by atoms with Crippen LogP contribution in [0.25, 0.3) is 22.4 Å². The van der Waals surface area contributed by atoms with Crippen molar-refractivity contribution >= 4 is 28.5 Å². The first kappa shape index (κ1) is 25.3. The van der Waals surface area contributed by atoms with Crippen LogP contribution in [0.1, 0.15) is 52.8 Å². The minimum Gasteiger partial charge on any atom is -0.405 e. The summed E-state index contributed by atoms with van der Waals surface area (Å²) in [4.78, 5) is 33.1. The molecule has 2 amide bonds. The van der Waals surface area contributed by atoms with Gasteiger partial charge >= 0.3 is 6.36 Å². The Bertz CT molecular complexity index is 1460. The molecule has 38 heavy (non-hydrogen) atoms. The van der Waals surface area contributed by atoms with E-state index in [0.29, 0.717) is 22.6 Å². The SMILES string of the molecule is O=C(NC1CCCCC1)c1ccc2nc(-c3ccc(NC(=O)c4ccccc4OC(F)(F)F)cc3)[nH]c2c1. The summed E-state index contributed by atoms with van der Waals surface area (Å²) in [5.41, 5.74) is 2.86. The van der Waals surface area contributed by atoms with Crippen molar-refractivity contribution in [1.29, 1.82) is 0 Å². The number of nitrogens with one attached hydrogen (secondary N) is 3. The molecule has 1 saturated carbocycles. The number of hydrogen-bond donors (Lipinski definition) is 3. The molecule has 1 aliphatic rings. The number of nitrogens with zero attached hydrogens (tertiary/aromatic N) is 1. The molecule has 0 saturated heterocycles. The number of imidazole rings is 1. The largest absolute Gasteiger partial charge is 0.573 e. The molecule has 196 valence electrons. The van der Waals surface area contributed by atoms with Gasteiger partial charge in [-0.05, 0) is 67.4 Å². The van der Waals surface area contributed by atoms with Gasteiger partial charge in [0.2, 0.25) is 0 Å². The standard InChI is InChI=1S/C28H25F3N4O3/c29-28(30,31)38-24-9-5-4-8-21(24)27(37)33-20-13-10-17(11-14-20)25-34-22-15-12-18(16-23(22)35-25)26(36)32-19-6-2-1-3-7-19/h4-5,8-16,19H,1-3,6-7H2,(H,32,36)(H,33,37)(H,34,35). The Balaban J connectivity index is 1.28. The van der Waals surface area contributed by atoms with Crippen molar-refractivity contribution in [1.82, 2.24) is 15.3 Å². The van der Waals surface area contributed by atoms with Crippen LogP contribution in [0.2, 0.25) is 0 Å². The lowest BCUT2D eigenvalue weighted by Gasteiger charge is -2.22. The van der Waals surface area contributed by atoms with E-state index in [1.807, 2.05) is 0 Å². The maximum absolute atomic E-state index is 12.7. The lowest BCUT2D eigenvalue weighted by Crippen LogP contribution is -2.36. The predicted octanol–water partition coefficient (Wildman–Crippen LogP) is 6.44. The summed E-state index contributed by atoms with van der Waals surface area (Å²) >= 11 is 0. The summed E-state index contributed by atoms with van der Waals surface area (Å²) in [6.45, 7) is 0. The highest BCUT2D eigenvalue weighted by atomic mass is 19.4. The Morgan fingerprint density at radius 3 is 2.39 bits per heavy atom. The number of fused-ring (bicyclic) bond motifs is 1. The van der Waals surface area contributed by atoms with Gasteiger partial charge in [0.05, 0.1) is 16.6 Å². The van der Waals surface area contributed by atoms with Gasteiger partial charge in [0.25, 0.3) is 11.8 Å². The number of aromatic amines is 1. The molecule has 1 aromatic heterocycles. The molecule has 1 heterocycles. The van der Waals surface area contributed by atoms with E-state index < -0.39 is 18.0 Å². The molecule has 7 nitrogen and oxygen atoms in total. The van der Waals surface area contributed by atoms with Crippen LogP contribution >= 0.6 is 0 Å². The van der Waals surface area contributed by atoms with Crippen LogP contribution in [0.4, 0.5) is 18.9 Å². The zero-order valence-electron chi connectivity index (χ0n) is 20.3. The third-order valence-corrected chi connectivity index (χ3v) is 6.46. The Morgan fingerprint density at radius 2 is 1.66 bits per heavy atom. The molecule has 0 bridgehead atoms. The Kier molecular flexibility index (Phi) is 7.04. The first-order chi connectivity index (χ1) is 18.2. The van der Waals surface area contributed by atoms with Crippen LogP contribution in [0, 0.1) is 0 Å². The minimum absolute atomic E-state index is 0.0998. The van der Waals surface area contributed by atoms with Gasteiger partial charge in [-0.2, -0.15) is 0 Å². The molecule has 3 aromatic carbocycles. The molecule has 5 rings (SSSR count). The number of hydrogen-bond acceptors (Lipinski definition) is 4. The molecule has 4 aromatic rings. The van der Waals surface area contributed by atoms with E-state index in [-0.39, 0.29) is 17.5 Å². The monoisotopic (exact) mass is 522 g/mol. The van der Waals surface area contributed by atoms with Gasteiger partial charge in [-0.1, -0.05) is 31.4 Å². The number of aromatic nitrogens is 2. The summed E-state index contributed by atoms with van der Waals surface area (Å²) in [7, 11) is 0. The average Bonchev–Trinajstić information content (AvgIpc) is 3.32. The lowest BCUT2D eigenvalue weighted by atomic mass is 9.95. The number of ether oxygens (including phenoxy) is 1. The van der Waals surface area contributed by atoms with Crippen molar-refractivity contribution in [3.63, 3.8) is 0 Å². The van der Waals surface area contributed by atoms with Crippen LogP contribution in [-0.2, 0) is 0 Å². The third kappa shape index (κ3) is 5.96. The normalized spacial score (nSPS) is 14.3. The lowest BCUT2D eigenvalue weighted by molar-refractivity contribution is -0.274. The van der Waals surface area contributed by atoms with Gasteiger partial charge in [0.1, 0.15) is 11.6 Å². The van der Waals surface area contributed by atoms with Crippen molar-refractivity contribution in [2.24, 2.45) is 0 Å². The van der Waals surface area contributed by atoms with Crippen molar-refractivity contribution in [3.05, 3.63) is 77.9 Å². The molecule has 0 unspecified atom stereocenters. The van der Waals surface area contributed by atoms with Crippen LogP contribution in [0.3, 0.4) is 0 Å². The van der Waals surface area contributed by atoms with Crippen LogP contribution in [-0.4, -0.2) is 34.2 Å². The molecule has 3 N–H and O–H groups in total. The Hall–Kier alpha value is -4.34. The van der Waals surface area contributed by atoms with Crippen LogP contribution < -0.4 is 15.4 Å². The van der Waals surface area contributed by atoms with Gasteiger partial charge in [-0.25, -0.2) is 4.98 Å². The minimum atomic E-state index is -4.91. The van der Waals surface area contributed by atoms with E-state index in [1.54, 1.807) is 42.5 Å². The van der Waals surface area contributed by atoms with Gasteiger partial charge in [-0.15, -0.1) is 13.2 Å². The fourth-order valence-corrected chi connectivity index (χ4v) is 4.58. The molecular formula is C28H25F3N4O3. The average molecular weight is 523 g/mol. The van der Waals surface area contributed by atoms with E-state index in [1.165, 1.54) is 24.6 Å². The number of alkyl halides is 3. The van der Waals surface area contributed by atoms with E-state index in [4.69, 9.17) is 0 Å². The van der Waals surface area contributed by atoms with Crippen molar-refractivity contribution < 1.29 is 27.5 Å². The molecule has 10 heteroatoms. The van der Waals surface area contributed by atoms with Gasteiger partial charge < -0.3 is 20.4 Å². The van der Waals surface area contributed by atoms with Crippen LogP contribution in [0.15, 0.2) is 66.7 Å². The zero-order chi connectivity index (χ0) is 26.7.